The van der Waals surface area contributed by atoms with Gasteiger partial charge in [0.05, 0.1) is 0 Å². The molecule has 0 N–H and O–H groups in total. The van der Waals surface area contributed by atoms with Gasteiger partial charge in [0.2, 0.25) is 0 Å². The van der Waals surface area contributed by atoms with Gasteiger partial charge in [-0.1, -0.05) is 35.9 Å². The zero-order chi connectivity index (χ0) is 14.0. The second-order valence-corrected chi connectivity index (χ2v) is 4.89. The van der Waals surface area contributed by atoms with Crippen LogP contribution in [0.25, 0.3) is 11.1 Å². The number of hydrogen-bond donors (Lipinski definition) is 0. The van der Waals surface area contributed by atoms with E-state index in [-0.39, 0.29) is 5.82 Å². The van der Waals surface area contributed by atoms with E-state index in [0.717, 1.165) is 22.3 Å². The molecule has 0 aliphatic rings. The SMILES string of the molecule is CN=C(Cl)c1cc(-c2ccc(C)cc2F)ccc1C. The first-order chi connectivity index (χ1) is 9.02. The van der Waals surface area contributed by atoms with Gasteiger partial charge in [-0.05, 0) is 42.7 Å². The summed E-state index contributed by atoms with van der Waals surface area (Å²) < 4.78 is 14.0. The molecular formula is C16H15ClFN. The zero-order valence-corrected chi connectivity index (χ0v) is 11.9. The number of hydrogen-bond acceptors (Lipinski definition) is 1. The zero-order valence-electron chi connectivity index (χ0n) is 11.2. The topological polar surface area (TPSA) is 12.4 Å². The van der Waals surface area contributed by atoms with Crippen molar-refractivity contribution in [2.24, 2.45) is 4.99 Å². The maximum Gasteiger partial charge on any atom is 0.131 e. The van der Waals surface area contributed by atoms with Crippen molar-refractivity contribution in [3.05, 3.63) is 58.9 Å². The van der Waals surface area contributed by atoms with Crippen molar-refractivity contribution in [3.8, 4) is 11.1 Å². The summed E-state index contributed by atoms with van der Waals surface area (Å²) in [4.78, 5) is 3.98. The molecule has 0 saturated heterocycles. The van der Waals surface area contributed by atoms with E-state index in [1.54, 1.807) is 13.1 Å². The molecule has 0 atom stereocenters. The number of halogens is 2. The highest BCUT2D eigenvalue weighted by Gasteiger charge is 2.09. The fourth-order valence-corrected chi connectivity index (χ4v) is 2.19. The fraction of sp³-hybridized carbons (Fsp3) is 0.188. The lowest BCUT2D eigenvalue weighted by Crippen LogP contribution is -1.96. The van der Waals surface area contributed by atoms with Crippen LogP contribution in [0.3, 0.4) is 0 Å². The van der Waals surface area contributed by atoms with Gasteiger partial charge in [0.15, 0.2) is 0 Å². The van der Waals surface area contributed by atoms with Crippen LogP contribution in [-0.2, 0) is 0 Å². The van der Waals surface area contributed by atoms with Gasteiger partial charge in [-0.15, -0.1) is 0 Å². The van der Waals surface area contributed by atoms with Crippen LogP contribution in [-0.4, -0.2) is 12.2 Å². The number of benzene rings is 2. The summed E-state index contributed by atoms with van der Waals surface area (Å²) in [5.41, 5.74) is 4.14. The van der Waals surface area contributed by atoms with Crippen molar-refractivity contribution in [1.29, 1.82) is 0 Å². The molecule has 3 heteroatoms. The Labute approximate surface area is 117 Å². The van der Waals surface area contributed by atoms with Gasteiger partial charge in [-0.2, -0.15) is 0 Å². The maximum absolute atomic E-state index is 14.0. The van der Waals surface area contributed by atoms with Crippen molar-refractivity contribution in [1.82, 2.24) is 0 Å². The first-order valence-electron chi connectivity index (χ1n) is 6.02. The summed E-state index contributed by atoms with van der Waals surface area (Å²) in [6.45, 7) is 3.83. The summed E-state index contributed by atoms with van der Waals surface area (Å²) in [6, 6.07) is 10.9. The predicted octanol–water partition coefficient (Wildman–Crippen LogP) is 4.72. The molecule has 2 aromatic carbocycles. The van der Waals surface area contributed by atoms with E-state index < -0.39 is 0 Å². The molecule has 0 radical (unpaired) electrons. The van der Waals surface area contributed by atoms with E-state index in [4.69, 9.17) is 11.6 Å². The number of nitrogens with zero attached hydrogens (tertiary/aromatic N) is 1. The van der Waals surface area contributed by atoms with E-state index in [0.29, 0.717) is 10.7 Å². The summed E-state index contributed by atoms with van der Waals surface area (Å²) in [5, 5.41) is 0.437. The van der Waals surface area contributed by atoms with Crippen molar-refractivity contribution < 1.29 is 4.39 Å². The minimum atomic E-state index is -0.223. The van der Waals surface area contributed by atoms with E-state index >= 15 is 0 Å². The Kier molecular flexibility index (Phi) is 4.01. The molecule has 0 heterocycles. The maximum atomic E-state index is 14.0. The predicted molar refractivity (Wildman–Crippen MR) is 79.6 cm³/mol. The fourth-order valence-electron chi connectivity index (χ4n) is 1.99. The molecule has 0 fully saturated rings. The van der Waals surface area contributed by atoms with Crippen LogP contribution in [0.1, 0.15) is 16.7 Å². The second-order valence-electron chi connectivity index (χ2n) is 4.53. The Hall–Kier alpha value is -1.67. The Morgan fingerprint density at radius 3 is 2.47 bits per heavy atom. The third-order valence-electron chi connectivity index (χ3n) is 3.09. The minimum Gasteiger partial charge on any atom is -0.276 e. The van der Waals surface area contributed by atoms with E-state index in [9.17, 15) is 4.39 Å². The summed E-state index contributed by atoms with van der Waals surface area (Å²) >= 11 is 6.08. The van der Waals surface area contributed by atoms with Gasteiger partial charge >= 0.3 is 0 Å². The molecule has 2 rings (SSSR count). The average Bonchev–Trinajstić information content (AvgIpc) is 2.39. The number of rotatable bonds is 2. The molecule has 0 spiro atoms. The van der Waals surface area contributed by atoms with Crippen molar-refractivity contribution in [3.63, 3.8) is 0 Å². The third kappa shape index (κ3) is 2.85. The third-order valence-corrected chi connectivity index (χ3v) is 3.46. The molecule has 19 heavy (non-hydrogen) atoms. The van der Waals surface area contributed by atoms with Crippen LogP contribution in [0.4, 0.5) is 4.39 Å². The van der Waals surface area contributed by atoms with Crippen LogP contribution < -0.4 is 0 Å². The molecule has 0 aliphatic carbocycles. The van der Waals surface area contributed by atoms with E-state index in [1.807, 2.05) is 38.1 Å². The normalized spacial score (nSPS) is 11.7. The molecule has 1 nitrogen and oxygen atoms in total. The van der Waals surface area contributed by atoms with E-state index in [2.05, 4.69) is 4.99 Å². The van der Waals surface area contributed by atoms with Gasteiger partial charge in [0.25, 0.3) is 0 Å². The van der Waals surface area contributed by atoms with Crippen LogP contribution in [0.15, 0.2) is 41.4 Å². The molecule has 0 amide bonds. The summed E-state index contributed by atoms with van der Waals surface area (Å²) in [5.74, 6) is -0.223. The Bertz CT molecular complexity index is 647. The lowest BCUT2D eigenvalue weighted by atomic mass is 9.99. The first-order valence-corrected chi connectivity index (χ1v) is 6.40. The van der Waals surface area contributed by atoms with Crippen LogP contribution in [0.2, 0.25) is 0 Å². The molecule has 0 unspecified atom stereocenters. The Balaban J connectivity index is 2.58. The monoisotopic (exact) mass is 275 g/mol. The lowest BCUT2D eigenvalue weighted by Gasteiger charge is -2.09. The smallest absolute Gasteiger partial charge is 0.131 e. The lowest BCUT2D eigenvalue weighted by molar-refractivity contribution is 0.630. The van der Waals surface area contributed by atoms with Crippen LogP contribution >= 0.6 is 11.6 Å². The van der Waals surface area contributed by atoms with E-state index in [1.165, 1.54) is 6.07 Å². The molecule has 98 valence electrons. The quantitative estimate of drug-likeness (QED) is 0.703. The average molecular weight is 276 g/mol. The minimum absolute atomic E-state index is 0.223. The van der Waals surface area contributed by atoms with Crippen LogP contribution in [0, 0.1) is 19.7 Å². The molecule has 0 saturated carbocycles. The standard InChI is InChI=1S/C16H15ClFN/c1-10-4-7-13(15(18)8-10)12-6-5-11(2)14(9-12)16(17)19-3/h4-9H,1-3H3. The highest BCUT2D eigenvalue weighted by atomic mass is 35.5. The van der Waals surface area contributed by atoms with Gasteiger partial charge in [-0.3, -0.25) is 4.99 Å². The Morgan fingerprint density at radius 2 is 1.84 bits per heavy atom. The van der Waals surface area contributed by atoms with Crippen molar-refractivity contribution in [2.45, 2.75) is 13.8 Å². The van der Waals surface area contributed by atoms with Gasteiger partial charge in [0, 0.05) is 18.2 Å². The van der Waals surface area contributed by atoms with Crippen molar-refractivity contribution in [2.75, 3.05) is 7.05 Å². The van der Waals surface area contributed by atoms with Crippen LogP contribution in [0.5, 0.6) is 0 Å². The largest absolute Gasteiger partial charge is 0.276 e. The first kappa shape index (κ1) is 13.8. The summed E-state index contributed by atoms with van der Waals surface area (Å²) in [7, 11) is 1.64. The molecule has 2 aromatic rings. The van der Waals surface area contributed by atoms with Gasteiger partial charge in [0.1, 0.15) is 11.0 Å². The number of aliphatic imine (C=N–C) groups is 1. The molecule has 0 aromatic heterocycles. The van der Waals surface area contributed by atoms with Crippen molar-refractivity contribution >= 4 is 16.8 Å². The molecule has 0 aliphatic heterocycles. The highest BCUT2D eigenvalue weighted by molar-refractivity contribution is 6.69. The Morgan fingerprint density at radius 1 is 1.11 bits per heavy atom. The molecular weight excluding hydrogens is 261 g/mol. The van der Waals surface area contributed by atoms with Gasteiger partial charge in [-0.25, -0.2) is 4.39 Å². The highest BCUT2D eigenvalue weighted by Crippen LogP contribution is 2.26. The molecule has 0 bridgehead atoms. The number of aryl methyl sites for hydroxylation is 2. The van der Waals surface area contributed by atoms with Gasteiger partial charge < -0.3 is 0 Å². The summed E-state index contributed by atoms with van der Waals surface area (Å²) in [6.07, 6.45) is 0. The second kappa shape index (κ2) is 5.54.